The zero-order valence-electron chi connectivity index (χ0n) is 13.6. The predicted molar refractivity (Wildman–Crippen MR) is 79.8 cm³/mol. The lowest BCUT2D eigenvalue weighted by Crippen LogP contribution is -2.54. The maximum absolute atomic E-state index is 12.0. The highest BCUT2D eigenvalue weighted by Crippen LogP contribution is 2.17. The van der Waals surface area contributed by atoms with E-state index >= 15 is 0 Å². The molecule has 1 fully saturated rings. The lowest BCUT2D eigenvalue weighted by atomic mass is 9.96. The number of esters is 1. The molecule has 0 saturated carbocycles. The van der Waals surface area contributed by atoms with Crippen molar-refractivity contribution in [1.29, 1.82) is 0 Å². The van der Waals surface area contributed by atoms with Gasteiger partial charge in [0.2, 0.25) is 0 Å². The summed E-state index contributed by atoms with van der Waals surface area (Å²) in [4.78, 5) is 14.4. The van der Waals surface area contributed by atoms with Crippen molar-refractivity contribution in [3.8, 4) is 0 Å². The molecule has 3 unspecified atom stereocenters. The molecule has 0 radical (unpaired) electrons. The molecular weight excluding hydrogens is 256 g/mol. The van der Waals surface area contributed by atoms with Crippen LogP contribution < -0.4 is 5.32 Å². The molecule has 0 amide bonds. The van der Waals surface area contributed by atoms with E-state index in [0.29, 0.717) is 6.04 Å². The standard InChI is InChI=1S/C15H30N2O3/c1-6-8-16-15(4,14(18)19-5)7-9-17-10-13(3)20-11-12(17)2/h12-13,16H,6-11H2,1-5H3. The molecule has 5 heteroatoms. The van der Waals surface area contributed by atoms with Gasteiger partial charge in [0, 0.05) is 19.1 Å². The summed E-state index contributed by atoms with van der Waals surface area (Å²) in [6.45, 7) is 11.7. The number of hydrogen-bond donors (Lipinski definition) is 1. The van der Waals surface area contributed by atoms with Gasteiger partial charge in [-0.15, -0.1) is 0 Å². The molecule has 5 nitrogen and oxygen atoms in total. The SMILES string of the molecule is CCCNC(C)(CCN1CC(C)OCC1C)C(=O)OC. The Kier molecular flexibility index (Phi) is 6.92. The minimum Gasteiger partial charge on any atom is -0.468 e. The van der Waals surface area contributed by atoms with Crippen LogP contribution in [0.1, 0.15) is 40.5 Å². The highest BCUT2D eigenvalue weighted by molar-refractivity contribution is 5.80. The van der Waals surface area contributed by atoms with Crippen molar-refractivity contribution >= 4 is 5.97 Å². The van der Waals surface area contributed by atoms with Crippen molar-refractivity contribution in [2.24, 2.45) is 0 Å². The van der Waals surface area contributed by atoms with E-state index in [1.165, 1.54) is 7.11 Å². The highest BCUT2D eigenvalue weighted by Gasteiger charge is 2.35. The molecule has 0 bridgehead atoms. The smallest absolute Gasteiger partial charge is 0.325 e. The number of hydrogen-bond acceptors (Lipinski definition) is 5. The quantitative estimate of drug-likeness (QED) is 0.717. The Morgan fingerprint density at radius 2 is 2.20 bits per heavy atom. The normalized spacial score (nSPS) is 27.1. The maximum atomic E-state index is 12.0. The van der Waals surface area contributed by atoms with E-state index in [-0.39, 0.29) is 12.1 Å². The zero-order chi connectivity index (χ0) is 15.2. The number of carbonyl (C=O) groups excluding carboxylic acids is 1. The molecule has 118 valence electrons. The van der Waals surface area contributed by atoms with Crippen LogP contribution in [-0.4, -0.2) is 61.9 Å². The van der Waals surface area contributed by atoms with Gasteiger partial charge in [-0.3, -0.25) is 9.69 Å². The van der Waals surface area contributed by atoms with Crippen LogP contribution in [-0.2, 0) is 14.3 Å². The van der Waals surface area contributed by atoms with Gasteiger partial charge in [0.15, 0.2) is 0 Å². The van der Waals surface area contributed by atoms with Gasteiger partial charge in [-0.2, -0.15) is 0 Å². The van der Waals surface area contributed by atoms with Crippen molar-refractivity contribution in [3.05, 3.63) is 0 Å². The molecule has 0 aliphatic carbocycles. The Hall–Kier alpha value is -0.650. The summed E-state index contributed by atoms with van der Waals surface area (Å²) >= 11 is 0. The van der Waals surface area contributed by atoms with Gasteiger partial charge >= 0.3 is 5.97 Å². The number of rotatable bonds is 7. The number of nitrogens with one attached hydrogen (secondary N) is 1. The minimum absolute atomic E-state index is 0.181. The Balaban J connectivity index is 2.58. The van der Waals surface area contributed by atoms with E-state index < -0.39 is 5.54 Å². The third kappa shape index (κ3) is 4.72. The van der Waals surface area contributed by atoms with Crippen molar-refractivity contribution in [2.75, 3.05) is 33.4 Å². The zero-order valence-corrected chi connectivity index (χ0v) is 13.6. The molecule has 1 heterocycles. The van der Waals surface area contributed by atoms with Crippen LogP contribution >= 0.6 is 0 Å². The first-order valence-electron chi connectivity index (χ1n) is 7.62. The Bertz CT molecular complexity index is 311. The third-order valence-electron chi connectivity index (χ3n) is 4.04. The molecule has 0 aromatic heterocycles. The average Bonchev–Trinajstić information content (AvgIpc) is 2.45. The second-order valence-electron chi connectivity index (χ2n) is 5.99. The second-order valence-corrected chi connectivity index (χ2v) is 5.99. The highest BCUT2D eigenvalue weighted by atomic mass is 16.5. The second kappa shape index (κ2) is 7.96. The van der Waals surface area contributed by atoms with Crippen molar-refractivity contribution in [1.82, 2.24) is 10.2 Å². The number of carbonyl (C=O) groups is 1. The lowest BCUT2D eigenvalue weighted by Gasteiger charge is -2.38. The molecule has 1 aliphatic heterocycles. The first kappa shape index (κ1) is 17.4. The summed E-state index contributed by atoms with van der Waals surface area (Å²) in [6, 6.07) is 0.402. The number of methoxy groups -OCH3 is 1. The van der Waals surface area contributed by atoms with E-state index in [1.54, 1.807) is 0 Å². The van der Waals surface area contributed by atoms with Gasteiger partial charge in [0.25, 0.3) is 0 Å². The molecular formula is C15H30N2O3. The summed E-state index contributed by atoms with van der Waals surface area (Å²) in [7, 11) is 1.45. The van der Waals surface area contributed by atoms with Crippen molar-refractivity contribution in [2.45, 2.75) is 58.2 Å². The summed E-state index contributed by atoms with van der Waals surface area (Å²) < 4.78 is 10.6. The van der Waals surface area contributed by atoms with Crippen LogP contribution in [0.3, 0.4) is 0 Å². The maximum Gasteiger partial charge on any atom is 0.325 e. The molecule has 1 N–H and O–H groups in total. The van der Waals surface area contributed by atoms with Gasteiger partial charge in [0.05, 0.1) is 19.8 Å². The number of ether oxygens (including phenoxy) is 2. The average molecular weight is 286 g/mol. The lowest BCUT2D eigenvalue weighted by molar-refractivity contribution is -0.148. The Labute approximate surface area is 123 Å². The van der Waals surface area contributed by atoms with Crippen LogP contribution in [0.2, 0.25) is 0 Å². The summed E-state index contributed by atoms with van der Waals surface area (Å²) in [5.41, 5.74) is -0.605. The Morgan fingerprint density at radius 3 is 2.80 bits per heavy atom. The van der Waals surface area contributed by atoms with E-state index in [1.807, 2.05) is 6.92 Å². The molecule has 3 atom stereocenters. The van der Waals surface area contributed by atoms with Gasteiger partial charge in [-0.1, -0.05) is 6.92 Å². The van der Waals surface area contributed by atoms with E-state index in [0.717, 1.165) is 39.1 Å². The van der Waals surface area contributed by atoms with Crippen LogP contribution in [0.5, 0.6) is 0 Å². The van der Waals surface area contributed by atoms with Crippen LogP contribution in [0.25, 0.3) is 0 Å². The fourth-order valence-corrected chi connectivity index (χ4v) is 2.54. The molecule has 0 aromatic carbocycles. The Morgan fingerprint density at radius 1 is 1.50 bits per heavy atom. The third-order valence-corrected chi connectivity index (χ3v) is 4.04. The summed E-state index contributed by atoms with van der Waals surface area (Å²) in [5.74, 6) is -0.181. The van der Waals surface area contributed by atoms with E-state index in [9.17, 15) is 4.79 Å². The van der Waals surface area contributed by atoms with E-state index in [2.05, 4.69) is 31.0 Å². The predicted octanol–water partition coefficient (Wildman–Crippen LogP) is 1.42. The topological polar surface area (TPSA) is 50.8 Å². The first-order chi connectivity index (χ1) is 9.42. The fourth-order valence-electron chi connectivity index (χ4n) is 2.54. The molecule has 1 aliphatic rings. The fraction of sp³-hybridized carbons (Fsp3) is 0.933. The molecule has 0 spiro atoms. The largest absolute Gasteiger partial charge is 0.468 e. The summed E-state index contributed by atoms with van der Waals surface area (Å²) in [5, 5.41) is 3.33. The van der Waals surface area contributed by atoms with E-state index in [4.69, 9.17) is 9.47 Å². The van der Waals surface area contributed by atoms with Crippen LogP contribution in [0.15, 0.2) is 0 Å². The van der Waals surface area contributed by atoms with Crippen molar-refractivity contribution in [3.63, 3.8) is 0 Å². The van der Waals surface area contributed by atoms with Gasteiger partial charge in [-0.25, -0.2) is 0 Å². The molecule has 20 heavy (non-hydrogen) atoms. The van der Waals surface area contributed by atoms with Gasteiger partial charge in [-0.05, 0) is 40.2 Å². The van der Waals surface area contributed by atoms with Gasteiger partial charge in [0.1, 0.15) is 5.54 Å². The van der Waals surface area contributed by atoms with Crippen LogP contribution in [0.4, 0.5) is 0 Å². The van der Waals surface area contributed by atoms with Crippen molar-refractivity contribution < 1.29 is 14.3 Å². The first-order valence-corrected chi connectivity index (χ1v) is 7.62. The number of morpholine rings is 1. The minimum atomic E-state index is -0.605. The molecule has 0 aromatic rings. The number of nitrogens with zero attached hydrogens (tertiary/aromatic N) is 1. The molecule has 1 rings (SSSR count). The molecule has 1 saturated heterocycles. The van der Waals surface area contributed by atoms with Crippen LogP contribution in [0, 0.1) is 0 Å². The van der Waals surface area contributed by atoms with Gasteiger partial charge < -0.3 is 14.8 Å². The monoisotopic (exact) mass is 286 g/mol. The summed E-state index contributed by atoms with van der Waals surface area (Å²) in [6.07, 6.45) is 2.01.